The van der Waals surface area contributed by atoms with Crippen molar-refractivity contribution in [2.75, 3.05) is 25.8 Å². The number of fused-ring (bicyclic) bond motifs is 1. The van der Waals surface area contributed by atoms with Crippen molar-refractivity contribution >= 4 is 9.84 Å². The highest BCUT2D eigenvalue weighted by atomic mass is 32.2. The molecular weight excluding hydrogens is 318 g/mol. The fourth-order valence-electron chi connectivity index (χ4n) is 3.30. The van der Waals surface area contributed by atoms with Crippen LogP contribution in [-0.2, 0) is 14.6 Å². The second-order valence-electron chi connectivity index (χ2n) is 5.75. The molecule has 6 nitrogen and oxygen atoms in total. The minimum absolute atomic E-state index is 0.00821. The van der Waals surface area contributed by atoms with Crippen LogP contribution in [0.4, 0.5) is 0 Å². The van der Waals surface area contributed by atoms with Gasteiger partial charge in [0.2, 0.25) is 6.79 Å². The number of benzene rings is 1. The average molecular weight is 337 g/mol. The van der Waals surface area contributed by atoms with Crippen molar-refractivity contribution in [1.29, 1.82) is 5.26 Å². The Morgan fingerprint density at radius 2 is 2.09 bits per heavy atom. The molecule has 1 saturated carbocycles. The van der Waals surface area contributed by atoms with Gasteiger partial charge in [-0.25, -0.2) is 8.42 Å². The zero-order valence-electron chi connectivity index (χ0n) is 13.1. The summed E-state index contributed by atoms with van der Waals surface area (Å²) in [4.78, 5) is 0. The molecule has 124 valence electrons. The molecule has 1 aliphatic heterocycles. The highest BCUT2D eigenvalue weighted by molar-refractivity contribution is 7.92. The van der Waals surface area contributed by atoms with Crippen molar-refractivity contribution in [1.82, 2.24) is 0 Å². The maximum atomic E-state index is 12.5. The van der Waals surface area contributed by atoms with E-state index in [1.807, 2.05) is 6.92 Å². The normalized spacial score (nSPS) is 28.4. The lowest BCUT2D eigenvalue weighted by molar-refractivity contribution is 0.117. The number of rotatable bonds is 6. The molecule has 1 fully saturated rings. The summed E-state index contributed by atoms with van der Waals surface area (Å²) in [5.41, 5.74) is -0.254. The molecule has 2 aliphatic rings. The second kappa shape index (κ2) is 5.69. The maximum absolute atomic E-state index is 12.5. The van der Waals surface area contributed by atoms with Gasteiger partial charge >= 0.3 is 0 Å². The van der Waals surface area contributed by atoms with Crippen LogP contribution in [0.15, 0.2) is 18.2 Å². The number of nitriles is 1. The molecule has 0 bridgehead atoms. The Morgan fingerprint density at radius 1 is 1.35 bits per heavy atom. The van der Waals surface area contributed by atoms with Crippen molar-refractivity contribution in [3.63, 3.8) is 0 Å². The summed E-state index contributed by atoms with van der Waals surface area (Å²) >= 11 is 0. The highest BCUT2D eigenvalue weighted by Gasteiger charge is 2.71. The number of hydrogen-bond acceptors (Lipinski definition) is 6. The third-order valence-electron chi connectivity index (χ3n) is 4.55. The topological polar surface area (TPSA) is 85.6 Å². The molecule has 0 unspecified atom stereocenters. The summed E-state index contributed by atoms with van der Waals surface area (Å²) in [5, 5.41) is 8.95. The third-order valence-corrected chi connectivity index (χ3v) is 6.83. The van der Waals surface area contributed by atoms with Gasteiger partial charge in [0.25, 0.3) is 0 Å². The van der Waals surface area contributed by atoms with Crippen molar-refractivity contribution in [2.45, 2.75) is 25.0 Å². The first-order valence-corrected chi connectivity index (χ1v) is 9.31. The molecule has 0 saturated heterocycles. The van der Waals surface area contributed by atoms with Crippen molar-refractivity contribution < 1.29 is 22.6 Å². The molecule has 1 aromatic rings. The van der Waals surface area contributed by atoms with Crippen LogP contribution in [-0.4, -0.2) is 39.4 Å². The minimum atomic E-state index is -3.36. The summed E-state index contributed by atoms with van der Waals surface area (Å²) in [6.07, 6.45) is 0. The molecule has 3 atom stereocenters. The first-order valence-electron chi connectivity index (χ1n) is 7.60. The van der Waals surface area contributed by atoms with Crippen LogP contribution in [0.5, 0.6) is 11.5 Å². The zero-order chi connectivity index (χ0) is 16.7. The Bertz CT molecular complexity index is 754. The minimum Gasteiger partial charge on any atom is -0.454 e. The van der Waals surface area contributed by atoms with Crippen LogP contribution < -0.4 is 9.47 Å². The number of nitrogens with zero attached hydrogens (tertiary/aromatic N) is 1. The molecule has 1 heterocycles. The van der Waals surface area contributed by atoms with Gasteiger partial charge in [-0.05, 0) is 24.6 Å². The fourth-order valence-corrected chi connectivity index (χ4v) is 5.30. The molecule has 0 aromatic heterocycles. The average Bonchev–Trinajstić information content (AvgIpc) is 3.01. The van der Waals surface area contributed by atoms with Gasteiger partial charge in [0.05, 0.1) is 17.9 Å². The molecule has 0 N–H and O–H groups in total. The molecule has 23 heavy (non-hydrogen) atoms. The first-order chi connectivity index (χ1) is 11.0. The van der Waals surface area contributed by atoms with E-state index >= 15 is 0 Å². The van der Waals surface area contributed by atoms with Crippen LogP contribution in [0.3, 0.4) is 0 Å². The quantitative estimate of drug-likeness (QED) is 0.787. The highest BCUT2D eigenvalue weighted by Crippen LogP contribution is 2.63. The van der Waals surface area contributed by atoms with Crippen LogP contribution in [0.2, 0.25) is 0 Å². The van der Waals surface area contributed by atoms with Crippen LogP contribution >= 0.6 is 0 Å². The van der Waals surface area contributed by atoms with E-state index in [1.54, 1.807) is 25.1 Å². The van der Waals surface area contributed by atoms with Gasteiger partial charge in [-0.3, -0.25) is 0 Å². The summed E-state index contributed by atoms with van der Waals surface area (Å²) in [6, 6.07) is 7.56. The Morgan fingerprint density at radius 3 is 2.74 bits per heavy atom. The molecule has 7 heteroatoms. The molecule has 1 aromatic carbocycles. The lowest BCUT2D eigenvalue weighted by Crippen LogP contribution is -2.20. The third kappa shape index (κ3) is 2.46. The smallest absolute Gasteiger partial charge is 0.231 e. The van der Waals surface area contributed by atoms with E-state index in [-0.39, 0.29) is 19.2 Å². The summed E-state index contributed by atoms with van der Waals surface area (Å²) in [7, 11) is -3.36. The predicted molar refractivity (Wildman–Crippen MR) is 83.1 cm³/mol. The van der Waals surface area contributed by atoms with Crippen LogP contribution in [0, 0.1) is 16.7 Å². The monoisotopic (exact) mass is 337 g/mol. The molecule has 0 spiro atoms. The lowest BCUT2D eigenvalue weighted by atomic mass is 10.0. The Kier molecular flexibility index (Phi) is 3.98. The van der Waals surface area contributed by atoms with Gasteiger partial charge in [-0.15, -0.1) is 0 Å². The zero-order valence-corrected chi connectivity index (χ0v) is 13.9. The van der Waals surface area contributed by atoms with Gasteiger partial charge in [0, 0.05) is 18.3 Å². The molecule has 3 rings (SSSR count). The van der Waals surface area contributed by atoms with Crippen LogP contribution in [0.1, 0.15) is 25.3 Å². The number of hydrogen-bond donors (Lipinski definition) is 0. The van der Waals surface area contributed by atoms with E-state index in [9.17, 15) is 13.7 Å². The van der Waals surface area contributed by atoms with Crippen LogP contribution in [0.25, 0.3) is 0 Å². The maximum Gasteiger partial charge on any atom is 0.231 e. The number of sulfone groups is 1. The van der Waals surface area contributed by atoms with Crippen molar-refractivity contribution in [3.8, 4) is 17.6 Å². The number of ether oxygens (including phenoxy) is 3. The predicted octanol–water partition coefficient (Wildman–Crippen LogP) is 1.86. The Balaban J connectivity index is 2.00. The van der Waals surface area contributed by atoms with E-state index in [4.69, 9.17) is 14.2 Å². The standard InChI is InChI=1S/C16H19NO5S/c1-3-20-9-16(8-17)14(15(16)23(18,19)4-2)11-5-6-12-13(7-11)22-10-21-12/h5-7,14-15H,3-4,9-10H2,1-2H3/t14-,15-,16+/m0/s1. The second-order valence-corrected chi connectivity index (χ2v) is 8.16. The molecule has 0 radical (unpaired) electrons. The summed E-state index contributed by atoms with van der Waals surface area (Å²) < 4.78 is 41.0. The van der Waals surface area contributed by atoms with Gasteiger partial charge in [-0.1, -0.05) is 13.0 Å². The fraction of sp³-hybridized carbons (Fsp3) is 0.562. The van der Waals surface area contributed by atoms with Gasteiger partial charge in [-0.2, -0.15) is 5.26 Å². The van der Waals surface area contributed by atoms with Gasteiger partial charge in [0.15, 0.2) is 21.3 Å². The summed E-state index contributed by atoms with van der Waals surface area (Å²) in [5.74, 6) is 0.828. The van der Waals surface area contributed by atoms with E-state index < -0.39 is 26.4 Å². The SMILES string of the molecule is CCOC[C@]1(C#N)[C@@H](c2ccc3c(c2)OCO3)[C@@H]1S(=O)(=O)CC. The van der Waals surface area contributed by atoms with E-state index in [1.165, 1.54) is 0 Å². The lowest BCUT2D eigenvalue weighted by Gasteiger charge is -2.09. The molecule has 0 amide bonds. The van der Waals surface area contributed by atoms with E-state index in [0.29, 0.717) is 18.1 Å². The van der Waals surface area contributed by atoms with E-state index in [2.05, 4.69) is 6.07 Å². The largest absolute Gasteiger partial charge is 0.454 e. The van der Waals surface area contributed by atoms with Crippen molar-refractivity contribution in [3.05, 3.63) is 23.8 Å². The van der Waals surface area contributed by atoms with Gasteiger partial charge in [0.1, 0.15) is 5.41 Å². The Hall–Kier alpha value is -1.78. The van der Waals surface area contributed by atoms with Gasteiger partial charge < -0.3 is 14.2 Å². The Labute approximate surface area is 135 Å². The molecule has 1 aliphatic carbocycles. The molecular formula is C16H19NO5S. The van der Waals surface area contributed by atoms with Crippen molar-refractivity contribution in [2.24, 2.45) is 5.41 Å². The first kappa shape index (κ1) is 16.1. The van der Waals surface area contributed by atoms with E-state index in [0.717, 1.165) is 5.56 Å². The summed E-state index contributed by atoms with van der Waals surface area (Å²) in [6.45, 7) is 4.14.